The molecule has 1 aliphatic heterocycles. The van der Waals surface area contributed by atoms with Crippen molar-refractivity contribution < 1.29 is 13.3 Å². The van der Waals surface area contributed by atoms with Crippen LogP contribution in [0.4, 0.5) is 0 Å². The van der Waals surface area contributed by atoms with Gasteiger partial charge in [0.1, 0.15) is 5.01 Å². The predicted octanol–water partition coefficient (Wildman–Crippen LogP) is 1.15. The van der Waals surface area contributed by atoms with Crippen LogP contribution in [0.2, 0.25) is 0 Å². The van der Waals surface area contributed by atoms with Crippen LogP contribution in [0.5, 0.6) is 0 Å². The summed E-state index contributed by atoms with van der Waals surface area (Å²) in [5, 5.41) is 5.37. The number of aromatic nitrogens is 2. The molecule has 136 valence electrons. The summed E-state index contributed by atoms with van der Waals surface area (Å²) in [6.45, 7) is 9.10. The van der Waals surface area contributed by atoms with E-state index in [4.69, 9.17) is 12.2 Å². The Labute approximate surface area is 157 Å². The van der Waals surface area contributed by atoms with E-state index < -0.39 is 10.0 Å². The van der Waals surface area contributed by atoms with Gasteiger partial charge in [0.25, 0.3) is 0 Å². The van der Waals surface area contributed by atoms with Gasteiger partial charge in [-0.15, -0.1) is 0 Å². The zero-order chi connectivity index (χ0) is 18.2. The highest BCUT2D eigenvalue weighted by molar-refractivity contribution is 7.89. The molecule has 2 heterocycles. The summed E-state index contributed by atoms with van der Waals surface area (Å²) in [4.78, 5) is 1.68. The molecule has 0 bridgehead atoms. The highest BCUT2D eigenvalue weighted by Gasteiger charge is 2.30. The Morgan fingerprint density at radius 2 is 1.88 bits per heavy atom. The molecule has 1 N–H and O–H groups in total. The van der Waals surface area contributed by atoms with Crippen LogP contribution in [0.3, 0.4) is 0 Å². The topological polar surface area (TPSA) is 59.6 Å². The van der Waals surface area contributed by atoms with Crippen LogP contribution >= 0.6 is 23.6 Å². The third kappa shape index (κ3) is 4.01. The number of sulfonamides is 1. The van der Waals surface area contributed by atoms with Gasteiger partial charge in [-0.1, -0.05) is 17.4 Å². The molecule has 0 unspecified atom stereocenters. The molecular weight excluding hydrogens is 376 g/mol. The first-order chi connectivity index (χ1) is 11.8. The zero-order valence-electron chi connectivity index (χ0n) is 14.7. The van der Waals surface area contributed by atoms with Crippen LogP contribution in [-0.4, -0.2) is 48.7 Å². The van der Waals surface area contributed by atoms with E-state index in [1.165, 1.54) is 16.2 Å². The second kappa shape index (κ2) is 7.24. The van der Waals surface area contributed by atoms with Crippen LogP contribution in [0.1, 0.15) is 16.1 Å². The van der Waals surface area contributed by atoms with Gasteiger partial charge in [0, 0.05) is 0 Å². The summed E-state index contributed by atoms with van der Waals surface area (Å²) < 4.78 is 29.9. The molecule has 9 heteroatoms. The molecule has 2 aromatic rings. The summed E-state index contributed by atoms with van der Waals surface area (Å²) >= 11 is 6.82. The molecule has 0 atom stereocenters. The molecule has 1 fully saturated rings. The fourth-order valence-corrected chi connectivity index (χ4v) is 5.54. The second-order valence-corrected chi connectivity index (χ2v) is 10.2. The molecule has 0 saturated carbocycles. The van der Waals surface area contributed by atoms with Crippen LogP contribution in [0.15, 0.2) is 23.1 Å². The maximum atomic E-state index is 12.9. The van der Waals surface area contributed by atoms with Gasteiger partial charge in [-0.2, -0.15) is 14.1 Å². The summed E-state index contributed by atoms with van der Waals surface area (Å²) in [7, 11) is -3.42. The number of piperazine rings is 1. The normalized spacial score (nSPS) is 17.1. The Morgan fingerprint density at radius 3 is 2.44 bits per heavy atom. The third-order valence-electron chi connectivity index (χ3n) is 4.63. The van der Waals surface area contributed by atoms with Crippen molar-refractivity contribution in [3.05, 3.63) is 38.3 Å². The lowest BCUT2D eigenvalue weighted by molar-refractivity contribution is -0.926. The van der Waals surface area contributed by atoms with Gasteiger partial charge in [0.15, 0.2) is 10.6 Å². The molecular formula is C16H23N4O2S3+. The third-order valence-corrected chi connectivity index (χ3v) is 7.74. The highest BCUT2D eigenvalue weighted by atomic mass is 32.2. The van der Waals surface area contributed by atoms with Crippen molar-refractivity contribution in [2.24, 2.45) is 0 Å². The van der Waals surface area contributed by atoms with E-state index in [1.54, 1.807) is 16.4 Å². The highest BCUT2D eigenvalue weighted by Crippen LogP contribution is 2.19. The minimum atomic E-state index is -3.42. The maximum absolute atomic E-state index is 12.9. The minimum absolute atomic E-state index is 0.386. The van der Waals surface area contributed by atoms with E-state index in [0.29, 0.717) is 24.7 Å². The van der Waals surface area contributed by atoms with Gasteiger partial charge < -0.3 is 4.90 Å². The molecule has 0 aliphatic carbocycles. The van der Waals surface area contributed by atoms with E-state index in [0.717, 1.165) is 33.2 Å². The summed E-state index contributed by atoms with van der Waals surface area (Å²) in [6.07, 6.45) is 0. The largest absolute Gasteiger partial charge is 0.314 e. The number of aryl methyl sites for hydroxylation is 3. The smallest absolute Gasteiger partial charge is 0.243 e. The first-order valence-electron chi connectivity index (χ1n) is 8.23. The van der Waals surface area contributed by atoms with Crippen LogP contribution in [0, 0.1) is 24.7 Å². The number of hydrogen-bond donors (Lipinski definition) is 1. The predicted molar refractivity (Wildman–Crippen MR) is 101 cm³/mol. The number of benzene rings is 1. The van der Waals surface area contributed by atoms with Crippen molar-refractivity contribution in [3.8, 4) is 0 Å². The van der Waals surface area contributed by atoms with Crippen LogP contribution in [0.25, 0.3) is 0 Å². The molecule has 1 aliphatic rings. The maximum Gasteiger partial charge on any atom is 0.243 e. The second-order valence-electron chi connectivity index (χ2n) is 6.44. The lowest BCUT2D eigenvalue weighted by atomic mass is 10.1. The van der Waals surface area contributed by atoms with Crippen molar-refractivity contribution >= 4 is 33.6 Å². The van der Waals surface area contributed by atoms with Gasteiger partial charge in [0.2, 0.25) is 10.0 Å². The van der Waals surface area contributed by atoms with Crippen molar-refractivity contribution in [2.75, 3.05) is 26.2 Å². The van der Waals surface area contributed by atoms with Crippen molar-refractivity contribution in [1.29, 1.82) is 0 Å². The first kappa shape index (κ1) is 18.7. The monoisotopic (exact) mass is 399 g/mol. The first-order valence-corrected chi connectivity index (χ1v) is 10.9. The van der Waals surface area contributed by atoms with Gasteiger partial charge in [0.05, 0.1) is 31.1 Å². The summed E-state index contributed by atoms with van der Waals surface area (Å²) in [5.74, 6) is 0. The number of nitrogens with zero attached hydrogens (tertiary/aromatic N) is 3. The lowest BCUT2D eigenvalue weighted by Crippen LogP contribution is -3.14. The average molecular weight is 400 g/mol. The molecule has 0 radical (unpaired) electrons. The lowest BCUT2D eigenvalue weighted by Gasteiger charge is -2.31. The van der Waals surface area contributed by atoms with Crippen molar-refractivity contribution in [1.82, 2.24) is 14.1 Å². The summed E-state index contributed by atoms with van der Waals surface area (Å²) in [6, 6.07) is 5.34. The van der Waals surface area contributed by atoms with E-state index in [1.807, 2.05) is 31.5 Å². The molecule has 1 aromatic carbocycles. The van der Waals surface area contributed by atoms with Crippen LogP contribution < -0.4 is 4.90 Å². The van der Waals surface area contributed by atoms with Gasteiger partial charge in [-0.25, -0.2) is 8.42 Å². The Hall–Kier alpha value is -1.13. The number of nitrogens with one attached hydrogen (secondary N) is 1. The molecule has 1 saturated heterocycles. The number of rotatable bonds is 4. The molecule has 25 heavy (non-hydrogen) atoms. The van der Waals surface area contributed by atoms with E-state index in [2.05, 4.69) is 5.10 Å². The Kier molecular flexibility index (Phi) is 5.40. The Bertz CT molecular complexity index is 925. The van der Waals surface area contributed by atoms with Gasteiger partial charge in [-0.3, -0.25) is 0 Å². The van der Waals surface area contributed by atoms with Gasteiger partial charge >= 0.3 is 0 Å². The zero-order valence-corrected chi connectivity index (χ0v) is 17.1. The van der Waals surface area contributed by atoms with Crippen molar-refractivity contribution in [2.45, 2.75) is 32.3 Å². The van der Waals surface area contributed by atoms with E-state index >= 15 is 0 Å². The average Bonchev–Trinajstić information content (AvgIpc) is 2.88. The minimum Gasteiger partial charge on any atom is -0.314 e. The molecule has 1 aromatic heterocycles. The molecule has 6 nitrogen and oxygen atoms in total. The fourth-order valence-electron chi connectivity index (χ4n) is 2.95. The Morgan fingerprint density at radius 1 is 1.20 bits per heavy atom. The fraction of sp³-hybridized carbons (Fsp3) is 0.500. The quantitative estimate of drug-likeness (QED) is 0.784. The van der Waals surface area contributed by atoms with Crippen molar-refractivity contribution in [3.63, 3.8) is 0 Å². The van der Waals surface area contributed by atoms with Crippen LogP contribution in [-0.2, 0) is 16.7 Å². The summed E-state index contributed by atoms with van der Waals surface area (Å²) in [5.41, 5.74) is 2.10. The van der Waals surface area contributed by atoms with Gasteiger partial charge in [-0.05, 0) is 56.2 Å². The van der Waals surface area contributed by atoms with E-state index in [-0.39, 0.29) is 0 Å². The standard InChI is InChI=1S/C16H22N4O2S3/c1-12-4-5-15(10-13(12)2)25(21,22)19-8-6-18(7-9-19)11-20-16(23)24-14(3)17-20/h4-5,10H,6-9,11H2,1-3H3/p+1. The number of hydrogen-bond acceptors (Lipinski definition) is 5. The SMILES string of the molecule is Cc1nn(C[NH+]2CCN(S(=O)(=O)c3ccc(C)c(C)c3)CC2)c(=S)s1. The molecule has 3 rings (SSSR count). The molecule has 0 spiro atoms. The molecule has 0 amide bonds. The van der Waals surface area contributed by atoms with E-state index in [9.17, 15) is 8.42 Å². The Balaban J connectivity index is 1.67. The number of quaternary nitrogens is 1.